The summed E-state index contributed by atoms with van der Waals surface area (Å²) in [6.07, 6.45) is 6.11. The van der Waals surface area contributed by atoms with Crippen LogP contribution in [0, 0.1) is 11.3 Å². The summed E-state index contributed by atoms with van der Waals surface area (Å²) in [6, 6.07) is 0.558. The van der Waals surface area contributed by atoms with Crippen molar-refractivity contribution in [3.8, 4) is 0 Å². The number of carbonyl (C=O) groups is 1. The summed E-state index contributed by atoms with van der Waals surface area (Å²) >= 11 is 0. The number of rotatable bonds is 5. The minimum absolute atomic E-state index is 0.294. The molecule has 0 aromatic heterocycles. The second kappa shape index (κ2) is 5.92. The van der Waals surface area contributed by atoms with Gasteiger partial charge in [0.15, 0.2) is 0 Å². The van der Waals surface area contributed by atoms with E-state index in [4.69, 9.17) is 4.74 Å². The first-order valence-electron chi connectivity index (χ1n) is 7.98. The van der Waals surface area contributed by atoms with Gasteiger partial charge in [0.2, 0.25) is 0 Å². The van der Waals surface area contributed by atoms with E-state index in [-0.39, 0.29) is 6.09 Å². The maximum atomic E-state index is 11.7. The number of amides is 1. The zero-order valence-electron chi connectivity index (χ0n) is 13.4. The number of nitrogens with one attached hydrogen (secondary N) is 2. The fourth-order valence-electron chi connectivity index (χ4n) is 2.85. The van der Waals surface area contributed by atoms with Gasteiger partial charge in [0, 0.05) is 19.1 Å². The summed E-state index contributed by atoms with van der Waals surface area (Å²) < 4.78 is 5.29. The molecule has 0 aliphatic heterocycles. The van der Waals surface area contributed by atoms with Crippen LogP contribution in [0.15, 0.2) is 0 Å². The zero-order chi connectivity index (χ0) is 14.8. The molecule has 2 fully saturated rings. The summed E-state index contributed by atoms with van der Waals surface area (Å²) in [5.74, 6) is 0.546. The van der Waals surface area contributed by atoms with E-state index in [2.05, 4.69) is 17.6 Å². The summed E-state index contributed by atoms with van der Waals surface area (Å²) in [4.78, 5) is 11.7. The molecule has 20 heavy (non-hydrogen) atoms. The first kappa shape index (κ1) is 15.6. The molecule has 2 N–H and O–H groups in total. The van der Waals surface area contributed by atoms with Gasteiger partial charge in [0.05, 0.1) is 0 Å². The Bertz CT molecular complexity index is 345. The zero-order valence-corrected chi connectivity index (χ0v) is 13.4. The van der Waals surface area contributed by atoms with Crippen LogP contribution in [0.25, 0.3) is 0 Å². The highest BCUT2D eigenvalue weighted by Gasteiger charge is 2.38. The van der Waals surface area contributed by atoms with Gasteiger partial charge in [-0.3, -0.25) is 0 Å². The molecule has 0 aromatic rings. The molecule has 2 rings (SSSR count). The van der Waals surface area contributed by atoms with Crippen LogP contribution >= 0.6 is 0 Å². The van der Waals surface area contributed by atoms with Crippen LogP contribution in [-0.2, 0) is 4.74 Å². The monoisotopic (exact) mass is 282 g/mol. The third-order valence-corrected chi connectivity index (χ3v) is 4.46. The van der Waals surface area contributed by atoms with E-state index >= 15 is 0 Å². The Kier molecular flexibility index (Phi) is 4.62. The van der Waals surface area contributed by atoms with Gasteiger partial charge in [-0.1, -0.05) is 13.3 Å². The van der Waals surface area contributed by atoms with Crippen molar-refractivity contribution in [2.45, 2.75) is 71.4 Å². The third-order valence-electron chi connectivity index (χ3n) is 4.46. The summed E-state index contributed by atoms with van der Waals surface area (Å²) in [5, 5.41) is 6.64. The Labute approximate surface area is 123 Å². The molecule has 4 heteroatoms. The van der Waals surface area contributed by atoms with Crippen molar-refractivity contribution in [2.75, 3.05) is 13.1 Å². The number of ether oxygens (including phenoxy) is 1. The maximum Gasteiger partial charge on any atom is 0.407 e. The van der Waals surface area contributed by atoms with E-state index in [1.54, 1.807) is 0 Å². The van der Waals surface area contributed by atoms with E-state index < -0.39 is 5.60 Å². The van der Waals surface area contributed by atoms with Gasteiger partial charge in [0.25, 0.3) is 0 Å². The Morgan fingerprint density at radius 1 is 1.30 bits per heavy atom. The first-order valence-corrected chi connectivity index (χ1v) is 7.98. The van der Waals surface area contributed by atoms with Crippen molar-refractivity contribution in [1.29, 1.82) is 0 Å². The normalized spacial score (nSPS) is 28.2. The predicted molar refractivity (Wildman–Crippen MR) is 80.7 cm³/mol. The van der Waals surface area contributed by atoms with Crippen LogP contribution in [0.1, 0.15) is 59.8 Å². The molecule has 0 saturated heterocycles. The quantitative estimate of drug-likeness (QED) is 0.815. The van der Waals surface area contributed by atoms with E-state index in [0.717, 1.165) is 13.1 Å². The summed E-state index contributed by atoms with van der Waals surface area (Å²) in [7, 11) is 0. The van der Waals surface area contributed by atoms with E-state index in [1.807, 2.05) is 20.8 Å². The number of hydrogen-bond acceptors (Lipinski definition) is 3. The molecule has 2 atom stereocenters. The van der Waals surface area contributed by atoms with Crippen LogP contribution in [0.4, 0.5) is 4.79 Å². The van der Waals surface area contributed by atoms with Crippen molar-refractivity contribution in [2.24, 2.45) is 11.3 Å². The van der Waals surface area contributed by atoms with Gasteiger partial charge in [-0.25, -0.2) is 4.79 Å². The first-order chi connectivity index (χ1) is 9.27. The molecule has 116 valence electrons. The Morgan fingerprint density at radius 2 is 2.00 bits per heavy atom. The van der Waals surface area contributed by atoms with Crippen LogP contribution in [0.3, 0.4) is 0 Å². The molecule has 0 spiro atoms. The molecule has 0 bridgehead atoms. The molecular formula is C16H30N2O2. The average molecular weight is 282 g/mol. The highest BCUT2D eigenvalue weighted by atomic mass is 16.6. The Hall–Kier alpha value is -0.770. The molecule has 0 aromatic carbocycles. The lowest BCUT2D eigenvalue weighted by Crippen LogP contribution is -2.42. The van der Waals surface area contributed by atoms with E-state index in [0.29, 0.717) is 17.4 Å². The SMILES string of the molecule is CC1(CNC2CCCC2CNC(=O)OC(C)(C)C)CC1. The largest absolute Gasteiger partial charge is 0.444 e. The lowest BCUT2D eigenvalue weighted by atomic mass is 10.0. The van der Waals surface area contributed by atoms with E-state index in [1.165, 1.54) is 32.1 Å². The maximum absolute atomic E-state index is 11.7. The number of hydrogen-bond donors (Lipinski definition) is 2. The average Bonchev–Trinajstić information content (AvgIpc) is 2.89. The molecule has 2 saturated carbocycles. The van der Waals surface area contributed by atoms with Crippen LogP contribution in [0.5, 0.6) is 0 Å². The smallest absolute Gasteiger partial charge is 0.407 e. The molecule has 4 nitrogen and oxygen atoms in total. The minimum Gasteiger partial charge on any atom is -0.444 e. The standard InChI is InChI=1S/C16H30N2O2/c1-15(2,3)20-14(19)17-10-12-6-5-7-13(12)18-11-16(4)8-9-16/h12-13,18H,5-11H2,1-4H3,(H,17,19). The van der Waals surface area contributed by atoms with Gasteiger partial charge in [-0.05, 0) is 57.8 Å². The fraction of sp³-hybridized carbons (Fsp3) is 0.938. The molecule has 2 aliphatic carbocycles. The van der Waals surface area contributed by atoms with Crippen molar-refractivity contribution < 1.29 is 9.53 Å². The molecule has 2 aliphatic rings. The van der Waals surface area contributed by atoms with Crippen LogP contribution < -0.4 is 10.6 Å². The minimum atomic E-state index is -0.419. The van der Waals surface area contributed by atoms with Crippen LogP contribution in [0.2, 0.25) is 0 Å². The van der Waals surface area contributed by atoms with Gasteiger partial charge in [0.1, 0.15) is 5.60 Å². The van der Waals surface area contributed by atoms with Crippen molar-refractivity contribution >= 4 is 6.09 Å². The molecular weight excluding hydrogens is 252 g/mol. The molecule has 0 heterocycles. The van der Waals surface area contributed by atoms with Crippen molar-refractivity contribution in [1.82, 2.24) is 10.6 Å². The fourth-order valence-corrected chi connectivity index (χ4v) is 2.85. The summed E-state index contributed by atoms with van der Waals surface area (Å²) in [5.41, 5.74) is 0.129. The molecule has 0 radical (unpaired) electrons. The Balaban J connectivity index is 1.69. The van der Waals surface area contributed by atoms with Gasteiger partial charge in [-0.15, -0.1) is 0 Å². The van der Waals surface area contributed by atoms with E-state index in [9.17, 15) is 4.79 Å². The second-order valence-corrected chi connectivity index (χ2v) is 7.87. The van der Waals surface area contributed by atoms with Crippen molar-refractivity contribution in [3.05, 3.63) is 0 Å². The number of carbonyl (C=O) groups excluding carboxylic acids is 1. The topological polar surface area (TPSA) is 50.4 Å². The van der Waals surface area contributed by atoms with Gasteiger partial charge < -0.3 is 15.4 Å². The molecule has 1 amide bonds. The lowest BCUT2D eigenvalue weighted by Gasteiger charge is -2.24. The predicted octanol–water partition coefficient (Wildman–Crippen LogP) is 3.07. The van der Waals surface area contributed by atoms with Gasteiger partial charge >= 0.3 is 6.09 Å². The van der Waals surface area contributed by atoms with Crippen molar-refractivity contribution in [3.63, 3.8) is 0 Å². The number of alkyl carbamates (subject to hydrolysis) is 1. The molecule has 2 unspecified atom stereocenters. The highest BCUT2D eigenvalue weighted by molar-refractivity contribution is 5.67. The van der Waals surface area contributed by atoms with Crippen LogP contribution in [-0.4, -0.2) is 30.8 Å². The highest BCUT2D eigenvalue weighted by Crippen LogP contribution is 2.44. The second-order valence-electron chi connectivity index (χ2n) is 7.87. The third kappa shape index (κ3) is 4.97. The van der Waals surface area contributed by atoms with Gasteiger partial charge in [-0.2, -0.15) is 0 Å². The Morgan fingerprint density at radius 3 is 2.60 bits per heavy atom. The summed E-state index contributed by atoms with van der Waals surface area (Å²) in [6.45, 7) is 9.88. The lowest BCUT2D eigenvalue weighted by molar-refractivity contribution is 0.0517.